The van der Waals surface area contributed by atoms with Gasteiger partial charge in [-0.15, -0.1) is 0 Å². The van der Waals surface area contributed by atoms with Gasteiger partial charge in [0.15, 0.2) is 5.65 Å². The van der Waals surface area contributed by atoms with E-state index in [1.807, 2.05) is 51.7 Å². The maximum atomic E-state index is 12.5. The zero-order chi connectivity index (χ0) is 29.3. The minimum absolute atomic E-state index is 0.225. The summed E-state index contributed by atoms with van der Waals surface area (Å²) in [5.74, 6) is 0.0121. The van der Waals surface area contributed by atoms with Gasteiger partial charge in [0.25, 0.3) is 5.91 Å². The molecular weight excluding hydrogens is 556 g/mol. The normalized spacial score (nSPS) is 14.1. The third-order valence-electron chi connectivity index (χ3n) is 6.91. The topological polar surface area (TPSA) is 128 Å². The van der Waals surface area contributed by atoms with Crippen molar-refractivity contribution >= 4 is 50.3 Å². The molecule has 0 bridgehead atoms. The molecule has 42 heavy (non-hydrogen) atoms. The summed E-state index contributed by atoms with van der Waals surface area (Å²) in [7, 11) is -2.07. The van der Waals surface area contributed by atoms with Gasteiger partial charge in [-0.05, 0) is 54.6 Å². The monoisotopic (exact) mass is 584 g/mol. The number of imidazole rings is 1. The molecule has 214 valence electrons. The zero-order valence-electron chi connectivity index (χ0n) is 23.0. The Labute approximate surface area is 242 Å². The number of carbonyl (C=O) groups is 1. The molecule has 1 fully saturated rings. The summed E-state index contributed by atoms with van der Waals surface area (Å²) in [5.41, 5.74) is 5.50. The van der Waals surface area contributed by atoms with Crippen LogP contribution in [0, 0.1) is 0 Å². The maximum absolute atomic E-state index is 12.5. The number of carbonyl (C=O) groups excluding carboxylic acids is 1. The Morgan fingerprint density at radius 3 is 2.62 bits per heavy atom. The van der Waals surface area contributed by atoms with Crippen molar-refractivity contribution in [2.24, 2.45) is 0 Å². The molecule has 0 spiro atoms. The minimum Gasteiger partial charge on any atom is -0.497 e. The van der Waals surface area contributed by atoms with Gasteiger partial charge in [0.1, 0.15) is 11.4 Å². The van der Waals surface area contributed by atoms with E-state index < -0.39 is 15.9 Å². The number of fused-ring (bicyclic) bond motifs is 2. The smallest absolute Gasteiger partial charge is 0.265 e. The van der Waals surface area contributed by atoms with E-state index in [1.54, 1.807) is 43.6 Å². The number of nitrogens with zero attached hydrogens (tertiary/aromatic N) is 5. The van der Waals surface area contributed by atoms with E-state index in [-0.39, 0.29) is 5.56 Å². The lowest BCUT2D eigenvalue weighted by Gasteiger charge is -2.28. The molecule has 4 heterocycles. The fourth-order valence-electron chi connectivity index (χ4n) is 5.01. The number of benzene rings is 2. The van der Waals surface area contributed by atoms with Gasteiger partial charge < -0.3 is 14.4 Å². The molecule has 3 aromatic heterocycles. The first kappa shape index (κ1) is 27.4. The van der Waals surface area contributed by atoms with Crippen LogP contribution in [-0.2, 0) is 14.8 Å². The summed E-state index contributed by atoms with van der Waals surface area (Å²) in [4.78, 5) is 24.5. The highest BCUT2D eigenvalue weighted by Crippen LogP contribution is 2.32. The molecule has 0 radical (unpaired) electrons. The number of hydrogen-bond acceptors (Lipinski definition) is 9. The van der Waals surface area contributed by atoms with E-state index >= 15 is 0 Å². The zero-order valence-corrected chi connectivity index (χ0v) is 23.8. The first-order chi connectivity index (χ1) is 20.3. The molecule has 0 aliphatic carbocycles. The first-order valence-electron chi connectivity index (χ1n) is 13.3. The van der Waals surface area contributed by atoms with Crippen LogP contribution in [0.1, 0.15) is 21.7 Å². The highest BCUT2D eigenvalue weighted by atomic mass is 32.2. The van der Waals surface area contributed by atoms with E-state index in [2.05, 4.69) is 10.00 Å². The van der Waals surface area contributed by atoms with Gasteiger partial charge in [-0.1, -0.05) is 18.2 Å². The lowest BCUT2D eigenvalue weighted by Crippen LogP contribution is -2.36. The van der Waals surface area contributed by atoms with Gasteiger partial charge in [0, 0.05) is 29.6 Å². The molecule has 1 amide bonds. The van der Waals surface area contributed by atoms with Crippen LogP contribution in [0.4, 0.5) is 5.69 Å². The van der Waals surface area contributed by atoms with E-state index in [1.165, 1.54) is 0 Å². The number of aromatic nitrogens is 4. The van der Waals surface area contributed by atoms with Crippen LogP contribution in [0.5, 0.6) is 5.75 Å². The number of amides is 1. The van der Waals surface area contributed by atoms with Gasteiger partial charge >= 0.3 is 0 Å². The van der Waals surface area contributed by atoms with Crippen molar-refractivity contribution in [2.45, 2.75) is 0 Å². The summed E-state index contributed by atoms with van der Waals surface area (Å²) < 4.78 is 38.1. The molecule has 1 aliphatic rings. The van der Waals surface area contributed by atoms with Gasteiger partial charge in [0.05, 0.1) is 55.4 Å². The Morgan fingerprint density at radius 2 is 1.83 bits per heavy atom. The lowest BCUT2D eigenvalue weighted by atomic mass is 10.1. The second-order valence-corrected chi connectivity index (χ2v) is 11.5. The minimum atomic E-state index is -3.70. The summed E-state index contributed by atoms with van der Waals surface area (Å²) >= 11 is 0. The SMILES string of the molecule is COc1cccc(-c2c(/C=C/c3ccc4c(C(=O)NS(C)(=O)=O)cccc4n3)nc3c(N4CCOCC4)ccnn23)c1. The largest absolute Gasteiger partial charge is 0.497 e. The highest BCUT2D eigenvalue weighted by molar-refractivity contribution is 7.89. The molecule has 0 saturated carbocycles. The number of methoxy groups -OCH3 is 1. The van der Waals surface area contributed by atoms with Gasteiger partial charge in [-0.3, -0.25) is 4.79 Å². The lowest BCUT2D eigenvalue weighted by molar-refractivity contribution is 0.0983. The van der Waals surface area contributed by atoms with E-state index in [0.717, 1.165) is 41.9 Å². The fraction of sp³-hybridized carbons (Fsp3) is 0.200. The second kappa shape index (κ2) is 11.2. The van der Waals surface area contributed by atoms with Crippen molar-refractivity contribution in [3.05, 3.63) is 83.8 Å². The Morgan fingerprint density at radius 1 is 1.02 bits per heavy atom. The predicted molar refractivity (Wildman–Crippen MR) is 161 cm³/mol. The van der Waals surface area contributed by atoms with Crippen LogP contribution in [-0.4, -0.2) is 73.6 Å². The molecule has 0 atom stereocenters. The quantitative estimate of drug-likeness (QED) is 0.305. The molecule has 11 nitrogen and oxygen atoms in total. The number of anilines is 1. The van der Waals surface area contributed by atoms with Crippen LogP contribution in [0.25, 0.3) is 40.0 Å². The third-order valence-corrected chi connectivity index (χ3v) is 7.46. The number of hydrogen-bond donors (Lipinski definition) is 1. The molecule has 5 aromatic rings. The average molecular weight is 585 g/mol. The third kappa shape index (κ3) is 5.54. The van der Waals surface area contributed by atoms with Crippen LogP contribution < -0.4 is 14.4 Å². The summed E-state index contributed by atoms with van der Waals surface area (Å²) in [5, 5.41) is 5.20. The maximum Gasteiger partial charge on any atom is 0.265 e. The van der Waals surface area contributed by atoms with E-state index in [0.29, 0.717) is 41.3 Å². The molecular formula is C30H28N6O5S. The van der Waals surface area contributed by atoms with Gasteiger partial charge in [-0.2, -0.15) is 5.10 Å². The number of morpholine rings is 1. The Bertz CT molecular complexity index is 1950. The predicted octanol–water partition coefficient (Wildman–Crippen LogP) is 3.65. The second-order valence-electron chi connectivity index (χ2n) is 9.77. The Kier molecular flexibility index (Phi) is 7.31. The van der Waals surface area contributed by atoms with Crippen molar-refractivity contribution in [1.29, 1.82) is 0 Å². The van der Waals surface area contributed by atoms with Gasteiger partial charge in [0.2, 0.25) is 10.0 Å². The van der Waals surface area contributed by atoms with E-state index in [9.17, 15) is 13.2 Å². The van der Waals surface area contributed by atoms with Crippen LogP contribution in [0.2, 0.25) is 0 Å². The number of ether oxygens (including phenoxy) is 2. The number of rotatable bonds is 7. The Hall–Kier alpha value is -4.81. The van der Waals surface area contributed by atoms with Crippen molar-refractivity contribution in [3.8, 4) is 17.0 Å². The summed E-state index contributed by atoms with van der Waals surface area (Å²) in [6.07, 6.45) is 6.46. The molecule has 1 aliphatic heterocycles. The molecule has 12 heteroatoms. The summed E-state index contributed by atoms with van der Waals surface area (Å²) in [6.45, 7) is 2.82. The van der Waals surface area contributed by atoms with Crippen molar-refractivity contribution in [3.63, 3.8) is 0 Å². The molecule has 1 saturated heterocycles. The first-order valence-corrected chi connectivity index (χ1v) is 15.1. The van der Waals surface area contributed by atoms with E-state index in [4.69, 9.17) is 19.4 Å². The molecule has 0 unspecified atom stereocenters. The van der Waals surface area contributed by atoms with Crippen molar-refractivity contribution in [1.82, 2.24) is 24.3 Å². The fourth-order valence-corrected chi connectivity index (χ4v) is 5.46. The number of pyridine rings is 1. The van der Waals surface area contributed by atoms with Gasteiger partial charge in [-0.25, -0.2) is 27.6 Å². The molecule has 2 aromatic carbocycles. The van der Waals surface area contributed by atoms with Crippen molar-refractivity contribution in [2.75, 3.05) is 44.6 Å². The average Bonchev–Trinajstić information content (AvgIpc) is 3.38. The standard InChI is InChI=1S/C30H28N6O5S/c1-40-22-6-3-5-20(19-22)28-26(33-29-27(13-14-31-36(28)29)35-15-17-41-18-16-35)12-10-21-9-11-23-24(7-4-8-25(23)32-21)30(37)34-42(2,38)39/h3-14,19H,15-18H2,1-2H3,(H,34,37)/b12-10+. The number of nitrogens with one attached hydrogen (secondary N) is 1. The number of sulfonamides is 1. The molecule has 6 rings (SSSR count). The summed E-state index contributed by atoms with van der Waals surface area (Å²) in [6, 6.07) is 18.3. The molecule has 1 N–H and O–H groups in total. The van der Waals surface area contributed by atoms with Crippen LogP contribution in [0.15, 0.2) is 66.9 Å². The van der Waals surface area contributed by atoms with Crippen molar-refractivity contribution < 1.29 is 22.7 Å². The Balaban J connectivity index is 1.43. The van der Waals surface area contributed by atoms with Crippen LogP contribution >= 0.6 is 0 Å². The highest BCUT2D eigenvalue weighted by Gasteiger charge is 2.21. The van der Waals surface area contributed by atoms with Crippen LogP contribution in [0.3, 0.4) is 0 Å².